The van der Waals surface area contributed by atoms with Crippen LogP contribution >= 0.6 is 0 Å². The van der Waals surface area contributed by atoms with Gasteiger partial charge in [0, 0.05) is 25.7 Å². The highest BCUT2D eigenvalue weighted by atomic mass is 19.4. The summed E-state index contributed by atoms with van der Waals surface area (Å²) in [6.07, 6.45) is -3.38. The fourth-order valence-electron chi connectivity index (χ4n) is 5.60. The summed E-state index contributed by atoms with van der Waals surface area (Å²) in [6, 6.07) is 5.70. The van der Waals surface area contributed by atoms with Gasteiger partial charge in [-0.2, -0.15) is 18.4 Å². The Morgan fingerprint density at radius 3 is 2.51 bits per heavy atom. The van der Waals surface area contributed by atoms with E-state index < -0.39 is 47.4 Å². The van der Waals surface area contributed by atoms with Crippen LogP contribution in [0.1, 0.15) is 51.5 Å². The summed E-state index contributed by atoms with van der Waals surface area (Å²) in [7, 11) is 1.33. The Morgan fingerprint density at radius 2 is 1.92 bits per heavy atom. The van der Waals surface area contributed by atoms with Crippen LogP contribution in [0.4, 0.5) is 18.9 Å². The normalized spacial score (nSPS) is 23.7. The second kappa shape index (κ2) is 10.5. The molecule has 0 radical (unpaired) electrons. The highest BCUT2D eigenvalue weighted by molar-refractivity contribution is 6.07. The average molecular weight is 548 g/mol. The second-order valence-corrected chi connectivity index (χ2v) is 11.2. The molecule has 1 aliphatic carbocycles. The number of amides is 4. The smallest absolute Gasteiger partial charge is 0.336 e. The number of nitriles is 1. The van der Waals surface area contributed by atoms with Crippen molar-refractivity contribution in [1.29, 1.82) is 5.26 Å². The number of halogens is 3. The minimum atomic E-state index is -5.16. The summed E-state index contributed by atoms with van der Waals surface area (Å²) < 4.78 is 39.0. The highest BCUT2D eigenvalue weighted by Crippen LogP contribution is 2.46. The van der Waals surface area contributed by atoms with Crippen LogP contribution in [0.5, 0.6) is 0 Å². The average Bonchev–Trinajstić information content (AvgIpc) is 3.54. The molecule has 0 bridgehead atoms. The first-order chi connectivity index (χ1) is 18.3. The van der Waals surface area contributed by atoms with Crippen molar-refractivity contribution in [2.75, 3.05) is 18.9 Å². The first-order valence-corrected chi connectivity index (χ1v) is 13.0. The molecular weight excluding hydrogens is 515 g/mol. The molecule has 2 N–H and O–H groups in total. The van der Waals surface area contributed by atoms with Gasteiger partial charge < -0.3 is 20.4 Å². The number of para-hydroxylation sites is 1. The Bertz CT molecular complexity index is 1210. The molecule has 9 nitrogen and oxygen atoms in total. The van der Waals surface area contributed by atoms with E-state index in [9.17, 15) is 37.6 Å². The quantitative estimate of drug-likeness (QED) is 0.518. The first kappa shape index (κ1) is 28.4. The molecule has 39 heavy (non-hydrogen) atoms. The monoisotopic (exact) mass is 547 g/mol. The number of hydrogen-bond acceptors (Lipinski definition) is 5. The van der Waals surface area contributed by atoms with E-state index in [2.05, 4.69) is 11.4 Å². The number of hydrogen-bond donors (Lipinski definition) is 2. The van der Waals surface area contributed by atoms with Crippen LogP contribution in [0.25, 0.3) is 0 Å². The van der Waals surface area contributed by atoms with E-state index in [-0.39, 0.29) is 43.6 Å². The summed E-state index contributed by atoms with van der Waals surface area (Å²) in [4.78, 5) is 54.6. The predicted molar refractivity (Wildman–Crippen MR) is 134 cm³/mol. The summed E-state index contributed by atoms with van der Waals surface area (Å²) >= 11 is 0. The number of rotatable bonds is 8. The number of nitrogens with zero attached hydrogens (tertiary/aromatic N) is 3. The van der Waals surface area contributed by atoms with Crippen molar-refractivity contribution in [1.82, 2.24) is 15.1 Å². The standard InChI is InChI=1S/C27H32F3N5O4/c1-15(2)10-21(34(3)22(36)20(11-16-8-9-16)33-25(39)27(28,29)30)23(37)35-14-26(12-17(35)13-31)18-6-4-5-7-19(18)32-24(26)38/h4-7,15-17,20-21H,8-12,14H2,1-3H3,(H,32,38)(H,33,39)/t17-,20-,21-,26-/m0/s1. The number of benzene rings is 1. The summed E-state index contributed by atoms with van der Waals surface area (Å²) in [6.45, 7) is 3.60. The van der Waals surface area contributed by atoms with Crippen LogP contribution in [-0.4, -0.2) is 71.3 Å². The van der Waals surface area contributed by atoms with Crippen LogP contribution in [0, 0.1) is 23.2 Å². The minimum absolute atomic E-state index is 0.0162. The zero-order chi connectivity index (χ0) is 28.7. The molecule has 2 heterocycles. The van der Waals surface area contributed by atoms with E-state index in [1.54, 1.807) is 24.3 Å². The Balaban J connectivity index is 1.60. The van der Waals surface area contributed by atoms with Crippen LogP contribution in [-0.2, 0) is 24.6 Å². The van der Waals surface area contributed by atoms with Crippen molar-refractivity contribution >= 4 is 29.3 Å². The minimum Gasteiger partial charge on any atom is -0.336 e. The Hall–Kier alpha value is -3.62. The van der Waals surface area contributed by atoms with E-state index in [1.165, 1.54) is 11.9 Å². The van der Waals surface area contributed by atoms with Gasteiger partial charge in [0.25, 0.3) is 0 Å². The third-order valence-corrected chi connectivity index (χ3v) is 7.84. The maximum absolute atomic E-state index is 14.0. The number of carbonyl (C=O) groups is 4. The van der Waals surface area contributed by atoms with Gasteiger partial charge in [-0.05, 0) is 36.3 Å². The second-order valence-electron chi connectivity index (χ2n) is 11.2. The molecule has 4 rings (SSSR count). The van der Waals surface area contributed by atoms with Crippen LogP contribution < -0.4 is 10.6 Å². The lowest BCUT2D eigenvalue weighted by molar-refractivity contribution is -0.175. The number of likely N-dealkylation sites (tertiary alicyclic amines) is 1. The molecule has 4 amide bonds. The number of fused-ring (bicyclic) bond motifs is 2. The van der Waals surface area contributed by atoms with Crippen LogP contribution in [0.15, 0.2) is 24.3 Å². The van der Waals surface area contributed by atoms with Gasteiger partial charge in [0.05, 0.1) is 11.5 Å². The van der Waals surface area contributed by atoms with Gasteiger partial charge in [-0.1, -0.05) is 44.9 Å². The molecule has 0 aromatic heterocycles. The van der Waals surface area contributed by atoms with Gasteiger partial charge in [0.15, 0.2) is 0 Å². The topological polar surface area (TPSA) is 123 Å². The third kappa shape index (κ3) is 5.58. The van der Waals surface area contributed by atoms with Gasteiger partial charge in [0.1, 0.15) is 18.1 Å². The molecule has 0 unspecified atom stereocenters. The summed E-state index contributed by atoms with van der Waals surface area (Å²) in [5.74, 6) is -3.96. The molecule has 1 aromatic rings. The van der Waals surface area contributed by atoms with E-state index in [0.717, 1.165) is 17.7 Å². The van der Waals surface area contributed by atoms with E-state index in [4.69, 9.17) is 0 Å². The number of carbonyl (C=O) groups excluding carboxylic acids is 4. The molecule has 2 aliphatic heterocycles. The number of alkyl halides is 3. The lowest BCUT2D eigenvalue weighted by Crippen LogP contribution is -2.57. The molecule has 1 saturated heterocycles. The van der Waals surface area contributed by atoms with E-state index >= 15 is 0 Å². The third-order valence-electron chi connectivity index (χ3n) is 7.84. The van der Waals surface area contributed by atoms with Gasteiger partial charge in [-0.3, -0.25) is 19.2 Å². The lowest BCUT2D eigenvalue weighted by atomic mass is 9.80. The molecular formula is C27H32F3N5O4. The maximum atomic E-state index is 14.0. The molecule has 2 fully saturated rings. The van der Waals surface area contributed by atoms with Crippen molar-refractivity contribution < 1.29 is 32.3 Å². The fraction of sp³-hybridized carbons (Fsp3) is 0.593. The van der Waals surface area contributed by atoms with E-state index in [1.807, 2.05) is 19.2 Å². The number of likely N-dealkylation sites (N-methyl/N-ethyl adjacent to an activating group) is 1. The maximum Gasteiger partial charge on any atom is 0.471 e. The van der Waals surface area contributed by atoms with Crippen molar-refractivity contribution in [2.24, 2.45) is 11.8 Å². The van der Waals surface area contributed by atoms with Crippen molar-refractivity contribution in [3.8, 4) is 6.07 Å². The van der Waals surface area contributed by atoms with Crippen LogP contribution in [0.3, 0.4) is 0 Å². The molecule has 1 spiro atoms. The lowest BCUT2D eigenvalue weighted by Gasteiger charge is -2.35. The van der Waals surface area contributed by atoms with Gasteiger partial charge in [-0.15, -0.1) is 0 Å². The van der Waals surface area contributed by atoms with Crippen molar-refractivity contribution in [2.45, 2.75) is 75.7 Å². The van der Waals surface area contributed by atoms with Gasteiger partial charge >= 0.3 is 12.1 Å². The number of nitrogens with one attached hydrogen (secondary N) is 2. The first-order valence-electron chi connectivity index (χ1n) is 13.0. The van der Waals surface area contributed by atoms with Gasteiger partial charge in [-0.25, -0.2) is 0 Å². The predicted octanol–water partition coefficient (Wildman–Crippen LogP) is 2.72. The zero-order valence-electron chi connectivity index (χ0n) is 22.0. The Labute approximate surface area is 224 Å². The molecule has 4 atom stereocenters. The van der Waals surface area contributed by atoms with E-state index in [0.29, 0.717) is 11.3 Å². The molecule has 1 saturated carbocycles. The summed E-state index contributed by atoms with van der Waals surface area (Å²) in [5, 5.41) is 14.6. The SMILES string of the molecule is CC(C)C[C@@H](C(=O)N1C[C@]2(C[C@H]1C#N)C(=O)Nc1ccccc12)N(C)C(=O)[C@H](CC1CC1)NC(=O)C(F)(F)F. The molecule has 210 valence electrons. The van der Waals surface area contributed by atoms with Gasteiger partial charge in [0.2, 0.25) is 17.7 Å². The summed E-state index contributed by atoms with van der Waals surface area (Å²) in [5.41, 5.74) is 0.185. The Morgan fingerprint density at radius 1 is 1.26 bits per heavy atom. The van der Waals surface area contributed by atoms with Crippen LogP contribution in [0.2, 0.25) is 0 Å². The molecule has 12 heteroatoms. The fourth-order valence-corrected chi connectivity index (χ4v) is 5.60. The van der Waals surface area contributed by atoms with Crippen molar-refractivity contribution in [3.63, 3.8) is 0 Å². The highest BCUT2D eigenvalue weighted by Gasteiger charge is 2.57. The number of anilines is 1. The molecule has 3 aliphatic rings. The Kier molecular flexibility index (Phi) is 7.65. The largest absolute Gasteiger partial charge is 0.471 e. The van der Waals surface area contributed by atoms with Crippen molar-refractivity contribution in [3.05, 3.63) is 29.8 Å². The zero-order valence-corrected chi connectivity index (χ0v) is 22.0. The molecule has 1 aromatic carbocycles.